The average molecular weight is 260 g/mol. The molecule has 1 aromatic heterocycles. The second-order valence-electron chi connectivity index (χ2n) is 5.64. The van der Waals surface area contributed by atoms with E-state index in [-0.39, 0.29) is 0 Å². The van der Waals surface area contributed by atoms with Crippen LogP contribution in [0.25, 0.3) is 0 Å². The Morgan fingerprint density at radius 2 is 2.26 bits per heavy atom. The fraction of sp³-hybridized carbons (Fsp3) is 0.667. The monoisotopic (exact) mass is 260 g/mol. The van der Waals surface area contributed by atoms with Crippen molar-refractivity contribution in [2.45, 2.75) is 32.2 Å². The number of nitrogens with zero attached hydrogens (tertiary/aromatic N) is 3. The van der Waals surface area contributed by atoms with Crippen LogP contribution in [0.5, 0.6) is 0 Å². The van der Waals surface area contributed by atoms with Crippen molar-refractivity contribution < 1.29 is 0 Å². The first-order chi connectivity index (χ1) is 9.36. The van der Waals surface area contributed by atoms with Gasteiger partial charge in [0.2, 0.25) is 0 Å². The smallest absolute Gasteiger partial charge is 0.0574 e. The lowest BCUT2D eigenvalue weighted by molar-refractivity contribution is 0.231. The Morgan fingerprint density at radius 1 is 1.32 bits per heavy atom. The van der Waals surface area contributed by atoms with Crippen LogP contribution in [0, 0.1) is 0 Å². The van der Waals surface area contributed by atoms with Gasteiger partial charge in [-0.3, -0.25) is 9.88 Å². The summed E-state index contributed by atoms with van der Waals surface area (Å²) < 4.78 is 0. The summed E-state index contributed by atoms with van der Waals surface area (Å²) in [5.74, 6) is 0. The first kappa shape index (κ1) is 12.7. The van der Waals surface area contributed by atoms with Crippen molar-refractivity contribution in [3.63, 3.8) is 0 Å². The first-order valence-corrected chi connectivity index (χ1v) is 7.54. The molecule has 0 saturated carbocycles. The van der Waals surface area contributed by atoms with Crippen molar-refractivity contribution in [1.29, 1.82) is 0 Å². The Kier molecular flexibility index (Phi) is 3.87. The van der Waals surface area contributed by atoms with E-state index in [1.807, 2.05) is 12.4 Å². The van der Waals surface area contributed by atoms with Crippen molar-refractivity contribution in [1.82, 2.24) is 9.88 Å². The van der Waals surface area contributed by atoms with Crippen molar-refractivity contribution >= 4 is 11.4 Å². The predicted octanol–water partition coefficient (Wildman–Crippen LogP) is 2.19. The van der Waals surface area contributed by atoms with E-state index >= 15 is 0 Å². The van der Waals surface area contributed by atoms with Crippen LogP contribution in [0.2, 0.25) is 0 Å². The zero-order valence-electron chi connectivity index (χ0n) is 11.8. The van der Waals surface area contributed by atoms with Crippen LogP contribution < -0.4 is 10.2 Å². The van der Waals surface area contributed by atoms with Gasteiger partial charge in [0, 0.05) is 32.2 Å². The molecule has 0 bridgehead atoms. The molecule has 0 aromatic carbocycles. The SMILES string of the molecule is CCCNc1cncc(N2CCN3CCCC3C2)c1. The molecule has 104 valence electrons. The Labute approximate surface area is 115 Å². The Morgan fingerprint density at radius 3 is 3.16 bits per heavy atom. The van der Waals surface area contributed by atoms with Crippen LogP contribution in [-0.4, -0.2) is 48.6 Å². The van der Waals surface area contributed by atoms with E-state index in [0.29, 0.717) is 0 Å². The highest BCUT2D eigenvalue weighted by Gasteiger charge is 2.30. The zero-order valence-corrected chi connectivity index (χ0v) is 11.8. The molecule has 2 aliphatic rings. The molecule has 3 rings (SSSR count). The third-order valence-electron chi connectivity index (χ3n) is 4.26. The van der Waals surface area contributed by atoms with Gasteiger partial charge in [0.05, 0.1) is 23.8 Å². The quantitative estimate of drug-likeness (QED) is 0.899. The van der Waals surface area contributed by atoms with Crippen LogP contribution in [0.15, 0.2) is 18.5 Å². The number of piperazine rings is 1. The van der Waals surface area contributed by atoms with Gasteiger partial charge < -0.3 is 10.2 Å². The summed E-state index contributed by atoms with van der Waals surface area (Å²) in [6.45, 7) is 8.01. The molecule has 3 heterocycles. The van der Waals surface area contributed by atoms with Crippen molar-refractivity contribution in [3.05, 3.63) is 18.5 Å². The maximum absolute atomic E-state index is 4.38. The second kappa shape index (κ2) is 5.78. The maximum Gasteiger partial charge on any atom is 0.0574 e. The Bertz CT molecular complexity index is 420. The number of hydrogen-bond donors (Lipinski definition) is 1. The summed E-state index contributed by atoms with van der Waals surface area (Å²) in [7, 11) is 0. The number of aromatic nitrogens is 1. The molecule has 2 saturated heterocycles. The van der Waals surface area contributed by atoms with Crippen molar-refractivity contribution in [2.24, 2.45) is 0 Å². The fourth-order valence-corrected chi connectivity index (χ4v) is 3.19. The summed E-state index contributed by atoms with van der Waals surface area (Å²) in [5, 5.41) is 3.42. The summed E-state index contributed by atoms with van der Waals surface area (Å²) in [6, 6.07) is 3.01. The van der Waals surface area contributed by atoms with Crippen LogP contribution >= 0.6 is 0 Å². The van der Waals surface area contributed by atoms with Gasteiger partial charge >= 0.3 is 0 Å². The topological polar surface area (TPSA) is 31.4 Å². The standard InChI is InChI=1S/C15H24N4/c1-2-5-17-13-9-15(11-16-10-13)19-8-7-18-6-3-4-14(18)12-19/h9-11,14,17H,2-8,12H2,1H3. The molecule has 1 unspecified atom stereocenters. The average Bonchev–Trinajstić information content (AvgIpc) is 2.92. The second-order valence-corrected chi connectivity index (χ2v) is 5.64. The van der Waals surface area contributed by atoms with Gasteiger partial charge in [0.15, 0.2) is 0 Å². The van der Waals surface area contributed by atoms with Crippen molar-refractivity contribution in [3.8, 4) is 0 Å². The minimum atomic E-state index is 0.765. The molecule has 1 aromatic rings. The minimum Gasteiger partial charge on any atom is -0.384 e. The third kappa shape index (κ3) is 2.84. The van der Waals surface area contributed by atoms with E-state index in [0.717, 1.165) is 31.2 Å². The molecule has 0 aliphatic carbocycles. The van der Waals surface area contributed by atoms with E-state index in [4.69, 9.17) is 0 Å². The van der Waals surface area contributed by atoms with E-state index in [2.05, 4.69) is 33.1 Å². The lowest BCUT2D eigenvalue weighted by atomic mass is 10.1. The number of nitrogens with one attached hydrogen (secondary N) is 1. The molecule has 19 heavy (non-hydrogen) atoms. The molecule has 4 heteroatoms. The molecular weight excluding hydrogens is 236 g/mol. The number of hydrogen-bond acceptors (Lipinski definition) is 4. The van der Waals surface area contributed by atoms with Gasteiger partial charge in [0.1, 0.15) is 0 Å². The molecule has 0 amide bonds. The zero-order chi connectivity index (χ0) is 13.1. The lowest BCUT2D eigenvalue weighted by Crippen LogP contribution is -2.50. The largest absolute Gasteiger partial charge is 0.384 e. The first-order valence-electron chi connectivity index (χ1n) is 7.54. The summed E-state index contributed by atoms with van der Waals surface area (Å²) >= 11 is 0. The maximum atomic E-state index is 4.38. The minimum absolute atomic E-state index is 0.765. The Balaban J connectivity index is 1.68. The van der Waals surface area contributed by atoms with E-state index in [1.54, 1.807) is 0 Å². The van der Waals surface area contributed by atoms with Gasteiger partial charge in [-0.25, -0.2) is 0 Å². The number of rotatable bonds is 4. The Hall–Kier alpha value is -1.29. The molecule has 4 nitrogen and oxygen atoms in total. The van der Waals surface area contributed by atoms with Gasteiger partial charge in [-0.1, -0.05) is 6.92 Å². The molecule has 2 fully saturated rings. The van der Waals surface area contributed by atoms with E-state index in [9.17, 15) is 0 Å². The normalized spacial score (nSPS) is 23.4. The van der Waals surface area contributed by atoms with Crippen LogP contribution in [0.1, 0.15) is 26.2 Å². The molecular formula is C15H24N4. The van der Waals surface area contributed by atoms with E-state index in [1.165, 1.54) is 38.2 Å². The summed E-state index contributed by atoms with van der Waals surface area (Å²) in [4.78, 5) is 9.52. The van der Waals surface area contributed by atoms with Gasteiger partial charge in [-0.05, 0) is 31.9 Å². The van der Waals surface area contributed by atoms with Gasteiger partial charge in [-0.2, -0.15) is 0 Å². The number of pyridine rings is 1. The number of fused-ring (bicyclic) bond motifs is 1. The third-order valence-corrected chi connectivity index (χ3v) is 4.26. The fourth-order valence-electron chi connectivity index (χ4n) is 3.19. The van der Waals surface area contributed by atoms with Crippen LogP contribution in [0.3, 0.4) is 0 Å². The van der Waals surface area contributed by atoms with Gasteiger partial charge in [0.25, 0.3) is 0 Å². The summed E-state index contributed by atoms with van der Waals surface area (Å²) in [6.07, 6.45) is 7.80. The lowest BCUT2D eigenvalue weighted by Gasteiger charge is -2.38. The van der Waals surface area contributed by atoms with E-state index < -0.39 is 0 Å². The predicted molar refractivity (Wildman–Crippen MR) is 79.8 cm³/mol. The molecule has 1 atom stereocenters. The summed E-state index contributed by atoms with van der Waals surface area (Å²) in [5.41, 5.74) is 2.42. The molecule has 0 spiro atoms. The molecule has 2 aliphatic heterocycles. The molecule has 1 N–H and O–H groups in total. The highest BCUT2D eigenvalue weighted by Crippen LogP contribution is 2.26. The highest BCUT2D eigenvalue weighted by atomic mass is 15.3. The van der Waals surface area contributed by atoms with Crippen molar-refractivity contribution in [2.75, 3.05) is 42.9 Å². The number of anilines is 2. The van der Waals surface area contributed by atoms with Gasteiger partial charge in [-0.15, -0.1) is 0 Å². The van der Waals surface area contributed by atoms with Crippen LogP contribution in [-0.2, 0) is 0 Å². The van der Waals surface area contributed by atoms with Crippen LogP contribution in [0.4, 0.5) is 11.4 Å². The molecule has 0 radical (unpaired) electrons. The highest BCUT2D eigenvalue weighted by molar-refractivity contribution is 5.56.